The Kier molecular flexibility index (Phi) is 10.7. The van der Waals surface area contributed by atoms with E-state index in [0.717, 1.165) is 28.0 Å². The number of rotatable bonds is 12. The van der Waals surface area contributed by atoms with Gasteiger partial charge in [-0.1, -0.05) is 78.7 Å². The number of carbonyl (C=O) groups is 2. The van der Waals surface area contributed by atoms with Gasteiger partial charge in [-0.2, -0.15) is 0 Å². The number of aryl methyl sites for hydroxylation is 1. The Labute approximate surface area is 218 Å². The maximum atomic E-state index is 13.6. The molecule has 0 unspecified atom stereocenters. The van der Waals surface area contributed by atoms with E-state index in [0.29, 0.717) is 36.7 Å². The second kappa shape index (κ2) is 14.0. The zero-order valence-corrected chi connectivity index (χ0v) is 21.9. The predicted molar refractivity (Wildman–Crippen MR) is 146 cm³/mol. The largest absolute Gasteiger partial charge is 0.354 e. The normalized spacial score (nSPS) is 11.6. The van der Waals surface area contributed by atoms with Gasteiger partial charge in [-0.3, -0.25) is 9.59 Å². The molecule has 184 valence electrons. The summed E-state index contributed by atoms with van der Waals surface area (Å²) in [5.74, 6) is 0.488. The molecule has 0 aliphatic rings. The highest BCUT2D eigenvalue weighted by molar-refractivity contribution is 7.99. The first-order valence-electron chi connectivity index (χ1n) is 12.0. The minimum atomic E-state index is -0.586. The van der Waals surface area contributed by atoms with Gasteiger partial charge in [0, 0.05) is 41.6 Å². The minimum absolute atomic E-state index is 0.0273. The molecule has 3 rings (SSSR count). The number of hydrogen-bond donors (Lipinski definition) is 1. The van der Waals surface area contributed by atoms with Crippen molar-refractivity contribution < 1.29 is 9.59 Å². The summed E-state index contributed by atoms with van der Waals surface area (Å²) in [7, 11) is 0. The van der Waals surface area contributed by atoms with Gasteiger partial charge in [0.2, 0.25) is 11.8 Å². The zero-order chi connectivity index (χ0) is 25.0. The lowest BCUT2D eigenvalue weighted by Crippen LogP contribution is -2.50. The number of amides is 2. The van der Waals surface area contributed by atoms with Crippen LogP contribution in [0, 0.1) is 6.92 Å². The van der Waals surface area contributed by atoms with Crippen LogP contribution >= 0.6 is 23.4 Å². The average molecular weight is 509 g/mol. The summed E-state index contributed by atoms with van der Waals surface area (Å²) in [4.78, 5) is 29.7. The standard InChI is InChI=1S/C29H33ClN2O2S/c1-3-17-31-29(34)27(20-23-9-5-4-6-10-23)32(21-24-11-7-8-22(2)19-24)28(33)16-18-35-26-14-12-25(30)13-15-26/h4-15,19,27H,3,16-18,20-21H2,1-2H3,(H,31,34)/t27-/m0/s1. The Morgan fingerprint density at radius 1 is 0.971 bits per heavy atom. The Hall–Kier alpha value is -2.76. The van der Waals surface area contributed by atoms with Crippen molar-refractivity contribution in [2.45, 2.75) is 50.6 Å². The molecule has 0 saturated carbocycles. The highest BCUT2D eigenvalue weighted by Gasteiger charge is 2.30. The number of hydrogen-bond acceptors (Lipinski definition) is 3. The van der Waals surface area contributed by atoms with Crippen molar-refractivity contribution in [2.75, 3.05) is 12.3 Å². The van der Waals surface area contributed by atoms with Crippen LogP contribution in [-0.4, -0.2) is 35.1 Å². The van der Waals surface area contributed by atoms with Gasteiger partial charge < -0.3 is 10.2 Å². The lowest BCUT2D eigenvalue weighted by Gasteiger charge is -2.31. The van der Waals surface area contributed by atoms with E-state index in [2.05, 4.69) is 11.4 Å². The van der Waals surface area contributed by atoms with Crippen LogP contribution in [-0.2, 0) is 22.6 Å². The fourth-order valence-corrected chi connectivity index (χ4v) is 4.82. The first-order chi connectivity index (χ1) is 17.0. The number of nitrogens with zero attached hydrogens (tertiary/aromatic N) is 1. The third-order valence-corrected chi connectivity index (χ3v) is 6.92. The van der Waals surface area contributed by atoms with E-state index in [9.17, 15) is 9.59 Å². The topological polar surface area (TPSA) is 49.4 Å². The van der Waals surface area contributed by atoms with Crippen LogP contribution in [0.2, 0.25) is 5.02 Å². The number of carbonyl (C=O) groups excluding carboxylic acids is 2. The zero-order valence-electron chi connectivity index (χ0n) is 20.4. The molecule has 2 amide bonds. The number of thioether (sulfide) groups is 1. The number of halogens is 1. The molecule has 6 heteroatoms. The third-order valence-electron chi connectivity index (χ3n) is 5.65. The molecule has 3 aromatic rings. The molecule has 1 atom stereocenters. The van der Waals surface area contributed by atoms with E-state index in [1.54, 1.807) is 16.7 Å². The third kappa shape index (κ3) is 8.75. The summed E-state index contributed by atoms with van der Waals surface area (Å²) in [6.07, 6.45) is 1.65. The van der Waals surface area contributed by atoms with Crippen LogP contribution in [0.25, 0.3) is 0 Å². The van der Waals surface area contributed by atoms with Gasteiger partial charge in [-0.15, -0.1) is 11.8 Å². The van der Waals surface area contributed by atoms with Crippen molar-refractivity contribution >= 4 is 35.2 Å². The van der Waals surface area contributed by atoms with Crippen molar-refractivity contribution in [3.05, 3.63) is 101 Å². The Morgan fingerprint density at radius 2 is 1.69 bits per heavy atom. The van der Waals surface area contributed by atoms with Crippen molar-refractivity contribution in [3.8, 4) is 0 Å². The minimum Gasteiger partial charge on any atom is -0.354 e. The van der Waals surface area contributed by atoms with Gasteiger partial charge in [0.25, 0.3) is 0 Å². The van der Waals surface area contributed by atoms with Crippen LogP contribution in [0.4, 0.5) is 0 Å². The SMILES string of the molecule is CCCNC(=O)[C@H](Cc1ccccc1)N(Cc1cccc(C)c1)C(=O)CCSc1ccc(Cl)cc1. The monoisotopic (exact) mass is 508 g/mol. The van der Waals surface area contributed by atoms with E-state index in [-0.39, 0.29) is 11.8 Å². The Balaban J connectivity index is 1.82. The fraction of sp³-hybridized carbons (Fsp3) is 0.310. The highest BCUT2D eigenvalue weighted by atomic mass is 35.5. The molecule has 0 aromatic heterocycles. The van der Waals surface area contributed by atoms with Crippen LogP contribution in [0.3, 0.4) is 0 Å². The lowest BCUT2D eigenvalue weighted by atomic mass is 10.0. The van der Waals surface area contributed by atoms with Gasteiger partial charge in [-0.25, -0.2) is 0 Å². The Morgan fingerprint density at radius 3 is 2.37 bits per heavy atom. The second-order valence-electron chi connectivity index (χ2n) is 8.56. The average Bonchev–Trinajstić information content (AvgIpc) is 2.86. The molecule has 0 aliphatic heterocycles. The van der Waals surface area contributed by atoms with Gasteiger partial charge in [0.1, 0.15) is 6.04 Å². The molecule has 0 fully saturated rings. The van der Waals surface area contributed by atoms with Crippen molar-refractivity contribution in [2.24, 2.45) is 0 Å². The maximum Gasteiger partial charge on any atom is 0.243 e. The van der Waals surface area contributed by atoms with Crippen LogP contribution in [0.1, 0.15) is 36.5 Å². The van der Waals surface area contributed by atoms with E-state index in [1.165, 1.54) is 0 Å². The molecule has 0 radical (unpaired) electrons. The van der Waals surface area contributed by atoms with Crippen molar-refractivity contribution in [1.82, 2.24) is 10.2 Å². The van der Waals surface area contributed by atoms with Crippen molar-refractivity contribution in [3.63, 3.8) is 0 Å². The molecule has 4 nitrogen and oxygen atoms in total. The Bertz CT molecular complexity index is 1090. The molecule has 0 aliphatic carbocycles. The van der Waals surface area contributed by atoms with Gasteiger partial charge >= 0.3 is 0 Å². The predicted octanol–water partition coefficient (Wildman–Crippen LogP) is 6.30. The number of benzene rings is 3. The first kappa shape index (κ1) is 26.8. The van der Waals surface area contributed by atoms with Gasteiger partial charge in [0.15, 0.2) is 0 Å². The second-order valence-corrected chi connectivity index (χ2v) is 10.2. The van der Waals surface area contributed by atoms with Gasteiger partial charge in [0.05, 0.1) is 0 Å². The molecule has 1 N–H and O–H groups in total. The smallest absolute Gasteiger partial charge is 0.243 e. The van der Waals surface area contributed by atoms with E-state index in [1.807, 2.05) is 86.6 Å². The molecule has 0 spiro atoms. The maximum absolute atomic E-state index is 13.6. The summed E-state index contributed by atoms with van der Waals surface area (Å²) >= 11 is 7.60. The number of nitrogens with one attached hydrogen (secondary N) is 1. The molecule has 0 bridgehead atoms. The van der Waals surface area contributed by atoms with E-state index < -0.39 is 6.04 Å². The van der Waals surface area contributed by atoms with Gasteiger partial charge in [-0.05, 0) is 48.7 Å². The summed E-state index contributed by atoms with van der Waals surface area (Å²) in [6.45, 7) is 5.04. The molecule has 3 aromatic carbocycles. The highest BCUT2D eigenvalue weighted by Crippen LogP contribution is 2.23. The molecular weight excluding hydrogens is 476 g/mol. The lowest BCUT2D eigenvalue weighted by molar-refractivity contribution is -0.141. The quantitative estimate of drug-likeness (QED) is 0.292. The summed E-state index contributed by atoms with van der Waals surface area (Å²) in [5.41, 5.74) is 3.18. The summed E-state index contributed by atoms with van der Waals surface area (Å²) in [6, 6.07) is 25.0. The summed E-state index contributed by atoms with van der Waals surface area (Å²) in [5, 5.41) is 3.71. The molecule has 0 heterocycles. The van der Waals surface area contributed by atoms with Crippen molar-refractivity contribution in [1.29, 1.82) is 0 Å². The molecule has 35 heavy (non-hydrogen) atoms. The van der Waals surface area contributed by atoms with E-state index in [4.69, 9.17) is 11.6 Å². The van der Waals surface area contributed by atoms with Crippen LogP contribution in [0.15, 0.2) is 83.8 Å². The van der Waals surface area contributed by atoms with E-state index >= 15 is 0 Å². The van der Waals surface area contributed by atoms with Crippen LogP contribution < -0.4 is 5.32 Å². The first-order valence-corrected chi connectivity index (χ1v) is 13.4. The summed E-state index contributed by atoms with van der Waals surface area (Å²) < 4.78 is 0. The molecular formula is C29H33ClN2O2S. The fourth-order valence-electron chi connectivity index (χ4n) is 3.86. The molecule has 0 saturated heterocycles. The van der Waals surface area contributed by atoms with Crippen LogP contribution in [0.5, 0.6) is 0 Å².